The predicted octanol–water partition coefficient (Wildman–Crippen LogP) is 1.11. The fourth-order valence-corrected chi connectivity index (χ4v) is 3.38. The van der Waals surface area contributed by atoms with Gasteiger partial charge in [0.05, 0.1) is 6.61 Å². The second-order valence-electron chi connectivity index (χ2n) is 5.83. The van der Waals surface area contributed by atoms with Gasteiger partial charge in [0, 0.05) is 11.5 Å². The van der Waals surface area contributed by atoms with Crippen molar-refractivity contribution in [3.63, 3.8) is 0 Å². The third kappa shape index (κ3) is 3.26. The number of carbonyl (C=O) groups excluding carboxylic acids is 2. The van der Waals surface area contributed by atoms with Crippen molar-refractivity contribution in [2.45, 2.75) is 63.5 Å². The summed E-state index contributed by atoms with van der Waals surface area (Å²) in [6, 6.07) is -0.686. The zero-order valence-corrected chi connectivity index (χ0v) is 11.6. The summed E-state index contributed by atoms with van der Waals surface area (Å²) in [5.74, 6) is -0.487. The van der Waals surface area contributed by atoms with Crippen molar-refractivity contribution >= 4 is 11.9 Å². The van der Waals surface area contributed by atoms with E-state index in [4.69, 9.17) is 10.5 Å². The molecule has 1 aliphatic carbocycles. The van der Waals surface area contributed by atoms with E-state index < -0.39 is 12.0 Å². The molecule has 1 saturated carbocycles. The molecule has 2 aliphatic rings. The van der Waals surface area contributed by atoms with Gasteiger partial charge in [-0.15, -0.1) is 0 Å². The first-order chi connectivity index (χ1) is 9.06. The maximum Gasteiger partial charge on any atom is 0.322 e. The summed E-state index contributed by atoms with van der Waals surface area (Å²) in [6.07, 6.45) is 6.94. The first kappa shape index (κ1) is 14.3. The Morgan fingerprint density at radius 2 is 2.16 bits per heavy atom. The van der Waals surface area contributed by atoms with Crippen LogP contribution in [0, 0.1) is 5.92 Å². The summed E-state index contributed by atoms with van der Waals surface area (Å²) in [5, 5.41) is 3.15. The normalized spacial score (nSPS) is 27.1. The number of ether oxygens (including phenoxy) is 1. The molecule has 1 heterocycles. The average molecular weight is 268 g/mol. The van der Waals surface area contributed by atoms with Crippen LogP contribution in [0.4, 0.5) is 0 Å². The van der Waals surface area contributed by atoms with Crippen LogP contribution < -0.4 is 11.1 Å². The largest absolute Gasteiger partial charge is 0.465 e. The molecule has 1 amide bonds. The fourth-order valence-electron chi connectivity index (χ4n) is 3.38. The van der Waals surface area contributed by atoms with Gasteiger partial charge in [-0.25, -0.2) is 0 Å². The Labute approximate surface area is 114 Å². The van der Waals surface area contributed by atoms with Crippen LogP contribution in [0.5, 0.6) is 0 Å². The van der Waals surface area contributed by atoms with Crippen LogP contribution >= 0.6 is 0 Å². The molecular formula is C14H24N2O3. The third-order valence-electron chi connectivity index (χ3n) is 4.33. The monoisotopic (exact) mass is 268 g/mol. The highest BCUT2D eigenvalue weighted by molar-refractivity contribution is 5.83. The molecule has 1 saturated heterocycles. The highest BCUT2D eigenvalue weighted by Gasteiger charge is 2.45. The minimum absolute atomic E-state index is 0.0195. The van der Waals surface area contributed by atoms with Gasteiger partial charge >= 0.3 is 5.97 Å². The number of esters is 1. The van der Waals surface area contributed by atoms with E-state index in [-0.39, 0.29) is 17.4 Å². The number of amides is 1. The van der Waals surface area contributed by atoms with E-state index in [0.717, 1.165) is 19.3 Å². The Kier molecular flexibility index (Phi) is 4.45. The number of nitrogens with one attached hydrogen (secondary N) is 1. The van der Waals surface area contributed by atoms with Crippen molar-refractivity contribution in [2.24, 2.45) is 11.7 Å². The maximum atomic E-state index is 12.0. The van der Waals surface area contributed by atoms with Gasteiger partial charge in [-0.3, -0.25) is 9.59 Å². The van der Waals surface area contributed by atoms with Gasteiger partial charge in [-0.05, 0) is 32.6 Å². The molecule has 108 valence electrons. The van der Waals surface area contributed by atoms with E-state index in [9.17, 15) is 9.59 Å². The van der Waals surface area contributed by atoms with Crippen molar-refractivity contribution in [3.05, 3.63) is 0 Å². The van der Waals surface area contributed by atoms with Gasteiger partial charge in [0.1, 0.15) is 6.04 Å². The molecule has 1 spiro atoms. The van der Waals surface area contributed by atoms with E-state index in [1.807, 2.05) is 0 Å². The number of hydrogen-bond donors (Lipinski definition) is 2. The van der Waals surface area contributed by atoms with Gasteiger partial charge in [-0.1, -0.05) is 19.3 Å². The van der Waals surface area contributed by atoms with Gasteiger partial charge in [0.15, 0.2) is 0 Å². The molecule has 0 radical (unpaired) electrons. The summed E-state index contributed by atoms with van der Waals surface area (Å²) >= 11 is 0. The van der Waals surface area contributed by atoms with E-state index in [0.29, 0.717) is 13.0 Å². The van der Waals surface area contributed by atoms with Crippen molar-refractivity contribution in [2.75, 3.05) is 6.61 Å². The van der Waals surface area contributed by atoms with Crippen LogP contribution in [0.3, 0.4) is 0 Å². The first-order valence-electron chi connectivity index (χ1n) is 7.30. The second-order valence-corrected chi connectivity index (χ2v) is 5.83. The molecule has 0 aromatic carbocycles. The molecule has 19 heavy (non-hydrogen) atoms. The number of carbonyl (C=O) groups is 2. The van der Waals surface area contributed by atoms with Crippen molar-refractivity contribution in [1.29, 1.82) is 0 Å². The van der Waals surface area contributed by atoms with Crippen molar-refractivity contribution in [1.82, 2.24) is 5.32 Å². The molecule has 2 unspecified atom stereocenters. The minimum atomic E-state index is -0.686. The molecule has 0 aromatic rings. The highest BCUT2D eigenvalue weighted by Crippen LogP contribution is 2.39. The molecule has 2 atom stereocenters. The topological polar surface area (TPSA) is 81.4 Å². The molecule has 2 fully saturated rings. The summed E-state index contributed by atoms with van der Waals surface area (Å²) in [4.78, 5) is 23.6. The van der Waals surface area contributed by atoms with E-state index >= 15 is 0 Å². The molecule has 0 aromatic heterocycles. The Bertz CT molecular complexity index is 351. The highest BCUT2D eigenvalue weighted by atomic mass is 16.5. The molecule has 0 bridgehead atoms. The van der Waals surface area contributed by atoms with Gasteiger partial charge in [-0.2, -0.15) is 0 Å². The van der Waals surface area contributed by atoms with Crippen molar-refractivity contribution in [3.8, 4) is 0 Å². The standard InChI is InChI=1S/C14H24N2O3/c1-2-19-13(18)11(15)8-10-9-14(16-12(10)17)6-4-3-5-7-14/h10-11H,2-9,15H2,1H3,(H,16,17). The quantitative estimate of drug-likeness (QED) is 0.748. The Hall–Kier alpha value is -1.10. The van der Waals surface area contributed by atoms with Crippen LogP contribution in [-0.2, 0) is 14.3 Å². The number of nitrogens with two attached hydrogens (primary N) is 1. The van der Waals surface area contributed by atoms with Crippen LogP contribution in [-0.4, -0.2) is 30.1 Å². The number of hydrogen-bond acceptors (Lipinski definition) is 4. The SMILES string of the molecule is CCOC(=O)C(N)CC1CC2(CCCCC2)NC1=O. The lowest BCUT2D eigenvalue weighted by atomic mass is 9.78. The lowest BCUT2D eigenvalue weighted by Crippen LogP contribution is -2.43. The summed E-state index contributed by atoms with van der Waals surface area (Å²) in [7, 11) is 0. The van der Waals surface area contributed by atoms with Crippen LogP contribution in [0.25, 0.3) is 0 Å². The molecular weight excluding hydrogens is 244 g/mol. The lowest BCUT2D eigenvalue weighted by Gasteiger charge is -2.33. The summed E-state index contributed by atoms with van der Waals surface area (Å²) < 4.78 is 4.89. The molecule has 5 heteroatoms. The van der Waals surface area contributed by atoms with Gasteiger partial charge < -0.3 is 15.8 Å². The molecule has 1 aliphatic heterocycles. The van der Waals surface area contributed by atoms with Crippen molar-refractivity contribution < 1.29 is 14.3 Å². The Morgan fingerprint density at radius 1 is 1.47 bits per heavy atom. The minimum Gasteiger partial charge on any atom is -0.465 e. The van der Waals surface area contributed by atoms with E-state index in [2.05, 4.69) is 5.32 Å². The zero-order chi connectivity index (χ0) is 13.9. The average Bonchev–Trinajstić information content (AvgIpc) is 2.66. The zero-order valence-electron chi connectivity index (χ0n) is 11.6. The van der Waals surface area contributed by atoms with Gasteiger partial charge in [0.25, 0.3) is 0 Å². The molecule has 5 nitrogen and oxygen atoms in total. The van der Waals surface area contributed by atoms with E-state index in [1.54, 1.807) is 6.92 Å². The van der Waals surface area contributed by atoms with Gasteiger partial charge in [0.2, 0.25) is 5.91 Å². The fraction of sp³-hybridized carbons (Fsp3) is 0.857. The van der Waals surface area contributed by atoms with Crippen LogP contribution in [0.15, 0.2) is 0 Å². The molecule has 3 N–H and O–H groups in total. The smallest absolute Gasteiger partial charge is 0.322 e. The predicted molar refractivity (Wildman–Crippen MR) is 71.3 cm³/mol. The Morgan fingerprint density at radius 3 is 2.79 bits per heavy atom. The Balaban J connectivity index is 1.91. The number of rotatable bonds is 4. The maximum absolute atomic E-state index is 12.0. The van der Waals surface area contributed by atoms with Crippen LogP contribution in [0.1, 0.15) is 51.9 Å². The summed E-state index contributed by atoms with van der Waals surface area (Å²) in [6.45, 7) is 2.08. The third-order valence-corrected chi connectivity index (χ3v) is 4.33. The van der Waals surface area contributed by atoms with E-state index in [1.165, 1.54) is 19.3 Å². The second kappa shape index (κ2) is 5.90. The molecule has 2 rings (SSSR count). The summed E-state index contributed by atoms with van der Waals surface area (Å²) in [5.41, 5.74) is 5.79. The van der Waals surface area contributed by atoms with Crippen LogP contribution in [0.2, 0.25) is 0 Å². The lowest BCUT2D eigenvalue weighted by molar-refractivity contribution is -0.145. The first-order valence-corrected chi connectivity index (χ1v) is 7.30.